The molecule has 14 heavy (non-hydrogen) atoms. The SMILES string of the molecule is O=[N+]([O-])c1ncc(F)cc1OC1CC1. The van der Waals surface area contributed by atoms with E-state index in [0.717, 1.165) is 25.1 Å². The van der Waals surface area contributed by atoms with Crippen LogP contribution in [0.15, 0.2) is 12.3 Å². The molecular formula is C8H7FN2O3. The number of nitrogens with zero attached hydrogens (tertiary/aromatic N) is 2. The highest BCUT2D eigenvalue weighted by molar-refractivity contribution is 5.39. The highest BCUT2D eigenvalue weighted by atomic mass is 19.1. The van der Waals surface area contributed by atoms with Crippen molar-refractivity contribution in [3.63, 3.8) is 0 Å². The van der Waals surface area contributed by atoms with Gasteiger partial charge in [0.2, 0.25) is 5.75 Å². The number of pyridine rings is 1. The van der Waals surface area contributed by atoms with Crippen LogP contribution in [0.4, 0.5) is 10.2 Å². The lowest BCUT2D eigenvalue weighted by atomic mass is 10.4. The normalized spacial score (nSPS) is 15.2. The Balaban J connectivity index is 2.31. The molecule has 0 radical (unpaired) electrons. The smallest absolute Gasteiger partial charge is 0.406 e. The Morgan fingerprint density at radius 2 is 2.36 bits per heavy atom. The van der Waals surface area contributed by atoms with E-state index in [2.05, 4.69) is 4.98 Å². The van der Waals surface area contributed by atoms with Gasteiger partial charge in [-0.3, -0.25) is 0 Å². The quantitative estimate of drug-likeness (QED) is 0.547. The van der Waals surface area contributed by atoms with Crippen LogP contribution >= 0.6 is 0 Å². The molecule has 1 aliphatic carbocycles. The summed E-state index contributed by atoms with van der Waals surface area (Å²) in [5.41, 5.74) is 0. The molecule has 0 unspecified atom stereocenters. The van der Waals surface area contributed by atoms with Gasteiger partial charge in [-0.2, -0.15) is 0 Å². The molecular weight excluding hydrogens is 191 g/mol. The molecule has 1 heterocycles. The molecule has 0 spiro atoms. The van der Waals surface area contributed by atoms with Gasteiger partial charge in [-0.25, -0.2) is 4.39 Å². The maximum absolute atomic E-state index is 12.7. The zero-order valence-corrected chi connectivity index (χ0v) is 7.14. The van der Waals surface area contributed by atoms with E-state index >= 15 is 0 Å². The van der Waals surface area contributed by atoms with Gasteiger partial charge in [-0.15, -0.1) is 0 Å². The van der Waals surface area contributed by atoms with E-state index in [1.165, 1.54) is 0 Å². The van der Waals surface area contributed by atoms with Gasteiger partial charge in [-0.05, 0) is 22.7 Å². The lowest BCUT2D eigenvalue weighted by Crippen LogP contribution is -2.02. The third-order valence-electron chi connectivity index (χ3n) is 1.79. The average Bonchev–Trinajstić information content (AvgIpc) is 2.87. The number of rotatable bonds is 3. The third-order valence-corrected chi connectivity index (χ3v) is 1.79. The number of ether oxygens (including phenoxy) is 1. The first kappa shape index (κ1) is 8.86. The van der Waals surface area contributed by atoms with Crippen molar-refractivity contribution in [3.05, 3.63) is 28.2 Å². The second-order valence-electron chi connectivity index (χ2n) is 3.05. The molecule has 0 saturated heterocycles. The summed E-state index contributed by atoms with van der Waals surface area (Å²) >= 11 is 0. The Morgan fingerprint density at radius 3 is 2.93 bits per heavy atom. The lowest BCUT2D eigenvalue weighted by Gasteiger charge is -2.03. The molecule has 6 heteroatoms. The molecule has 0 bridgehead atoms. The maximum Gasteiger partial charge on any atom is 0.406 e. The molecule has 1 aromatic rings. The molecule has 0 aromatic carbocycles. The van der Waals surface area contributed by atoms with Gasteiger partial charge in [-0.1, -0.05) is 0 Å². The van der Waals surface area contributed by atoms with E-state index in [1.54, 1.807) is 0 Å². The summed E-state index contributed by atoms with van der Waals surface area (Å²) in [7, 11) is 0. The predicted octanol–water partition coefficient (Wildman–Crippen LogP) is 1.67. The Morgan fingerprint density at radius 1 is 1.64 bits per heavy atom. The lowest BCUT2D eigenvalue weighted by molar-refractivity contribution is -0.390. The first-order chi connectivity index (χ1) is 6.66. The molecule has 74 valence electrons. The van der Waals surface area contributed by atoms with E-state index in [1.807, 2.05) is 0 Å². The van der Waals surface area contributed by atoms with Crippen LogP contribution in [0.5, 0.6) is 5.75 Å². The molecule has 0 atom stereocenters. The summed E-state index contributed by atoms with van der Waals surface area (Å²) < 4.78 is 17.9. The summed E-state index contributed by atoms with van der Waals surface area (Å²) in [6, 6.07) is 0.990. The van der Waals surface area contributed by atoms with E-state index in [4.69, 9.17) is 4.74 Å². The van der Waals surface area contributed by atoms with Crippen molar-refractivity contribution in [1.29, 1.82) is 0 Å². The van der Waals surface area contributed by atoms with Gasteiger partial charge in [0.15, 0.2) is 12.0 Å². The third kappa shape index (κ3) is 1.78. The Kier molecular flexibility index (Phi) is 2.03. The number of aromatic nitrogens is 1. The maximum atomic E-state index is 12.7. The summed E-state index contributed by atoms with van der Waals surface area (Å²) in [6.07, 6.45) is 2.50. The molecule has 2 rings (SSSR count). The van der Waals surface area contributed by atoms with E-state index < -0.39 is 16.6 Å². The largest absolute Gasteiger partial charge is 0.482 e. The van der Waals surface area contributed by atoms with Crippen molar-refractivity contribution in [1.82, 2.24) is 4.98 Å². The van der Waals surface area contributed by atoms with Gasteiger partial charge in [0.25, 0.3) is 0 Å². The molecule has 1 aromatic heterocycles. The highest BCUT2D eigenvalue weighted by Gasteiger charge is 2.28. The molecule has 1 aliphatic rings. The predicted molar refractivity (Wildman–Crippen MR) is 44.5 cm³/mol. The topological polar surface area (TPSA) is 65.3 Å². The van der Waals surface area contributed by atoms with Crippen LogP contribution in [-0.2, 0) is 0 Å². The molecule has 5 nitrogen and oxygen atoms in total. The minimum Gasteiger partial charge on any atom is -0.482 e. The average molecular weight is 198 g/mol. The fourth-order valence-electron chi connectivity index (χ4n) is 1.00. The molecule has 0 aliphatic heterocycles. The molecule has 0 N–H and O–H groups in total. The number of hydrogen-bond donors (Lipinski definition) is 0. The summed E-state index contributed by atoms with van der Waals surface area (Å²) in [4.78, 5) is 13.2. The van der Waals surface area contributed by atoms with Crippen molar-refractivity contribution < 1.29 is 14.1 Å². The molecule has 1 saturated carbocycles. The fraction of sp³-hybridized carbons (Fsp3) is 0.375. The number of nitro groups is 1. The zero-order chi connectivity index (χ0) is 10.1. The monoisotopic (exact) mass is 198 g/mol. The van der Waals surface area contributed by atoms with Gasteiger partial charge in [0.1, 0.15) is 0 Å². The van der Waals surface area contributed by atoms with E-state index in [9.17, 15) is 14.5 Å². The van der Waals surface area contributed by atoms with Crippen LogP contribution in [0.25, 0.3) is 0 Å². The van der Waals surface area contributed by atoms with E-state index in [0.29, 0.717) is 0 Å². The number of hydrogen-bond acceptors (Lipinski definition) is 4. The Bertz CT molecular complexity index is 379. The fourth-order valence-corrected chi connectivity index (χ4v) is 1.00. The van der Waals surface area contributed by atoms with Gasteiger partial charge < -0.3 is 14.9 Å². The first-order valence-corrected chi connectivity index (χ1v) is 4.13. The first-order valence-electron chi connectivity index (χ1n) is 4.13. The summed E-state index contributed by atoms with van der Waals surface area (Å²) in [6.45, 7) is 0. The zero-order valence-electron chi connectivity index (χ0n) is 7.14. The summed E-state index contributed by atoms with van der Waals surface area (Å²) in [5, 5.41) is 10.5. The van der Waals surface area contributed by atoms with Crippen molar-refractivity contribution in [3.8, 4) is 5.75 Å². The Labute approximate surface area is 78.7 Å². The van der Waals surface area contributed by atoms with Crippen molar-refractivity contribution in [2.45, 2.75) is 18.9 Å². The summed E-state index contributed by atoms with van der Waals surface area (Å²) in [5.74, 6) is -1.15. The standard InChI is InChI=1S/C8H7FN2O3/c9-5-3-7(14-6-1-2-6)8(10-4-5)11(12)13/h3-4,6H,1-2H2. The van der Waals surface area contributed by atoms with Gasteiger partial charge in [0.05, 0.1) is 6.10 Å². The molecule has 1 fully saturated rings. The van der Waals surface area contributed by atoms with E-state index in [-0.39, 0.29) is 11.9 Å². The van der Waals surface area contributed by atoms with Crippen LogP contribution in [0.2, 0.25) is 0 Å². The Hall–Kier alpha value is -1.72. The van der Waals surface area contributed by atoms with Crippen LogP contribution in [0.3, 0.4) is 0 Å². The molecule has 0 amide bonds. The van der Waals surface area contributed by atoms with Crippen LogP contribution < -0.4 is 4.74 Å². The second-order valence-corrected chi connectivity index (χ2v) is 3.05. The number of halogens is 1. The van der Waals surface area contributed by atoms with Crippen molar-refractivity contribution in [2.24, 2.45) is 0 Å². The van der Waals surface area contributed by atoms with Gasteiger partial charge >= 0.3 is 5.82 Å². The van der Waals surface area contributed by atoms with Crippen molar-refractivity contribution in [2.75, 3.05) is 0 Å². The van der Waals surface area contributed by atoms with Crippen LogP contribution in [-0.4, -0.2) is 16.0 Å². The van der Waals surface area contributed by atoms with Crippen LogP contribution in [0, 0.1) is 15.9 Å². The highest BCUT2D eigenvalue weighted by Crippen LogP contribution is 2.32. The second kappa shape index (κ2) is 3.21. The van der Waals surface area contributed by atoms with Crippen LogP contribution in [0.1, 0.15) is 12.8 Å². The van der Waals surface area contributed by atoms with Gasteiger partial charge in [0, 0.05) is 6.07 Å². The minimum absolute atomic E-state index is 0.0164. The minimum atomic E-state index is -0.683. The van der Waals surface area contributed by atoms with Crippen molar-refractivity contribution >= 4 is 5.82 Å².